The summed E-state index contributed by atoms with van der Waals surface area (Å²) in [7, 11) is 1.66. The van der Waals surface area contributed by atoms with Gasteiger partial charge >= 0.3 is 5.97 Å². The molecular formula is C16H19NO5. The number of benzene rings is 1. The van der Waals surface area contributed by atoms with E-state index in [-0.39, 0.29) is 5.91 Å². The Balaban J connectivity index is 2.49. The highest BCUT2D eigenvalue weighted by molar-refractivity contribution is 6.00. The van der Waals surface area contributed by atoms with Crippen molar-refractivity contribution < 1.29 is 24.2 Å². The van der Waals surface area contributed by atoms with Crippen LogP contribution in [0.1, 0.15) is 25.8 Å². The monoisotopic (exact) mass is 305 g/mol. The van der Waals surface area contributed by atoms with Crippen LogP contribution in [0.25, 0.3) is 6.08 Å². The number of rotatable bonds is 5. The first-order chi connectivity index (χ1) is 10.4. The zero-order valence-electron chi connectivity index (χ0n) is 12.8. The third kappa shape index (κ3) is 3.21. The lowest BCUT2D eigenvalue weighted by atomic mass is 10.1. The summed E-state index contributed by atoms with van der Waals surface area (Å²) >= 11 is 0. The van der Waals surface area contributed by atoms with E-state index in [4.69, 9.17) is 14.6 Å². The number of carbonyl (C=O) groups is 2. The number of ether oxygens (including phenoxy) is 2. The summed E-state index contributed by atoms with van der Waals surface area (Å²) in [6.07, 6.45) is 2.74. The Labute approximate surface area is 128 Å². The number of anilines is 1. The van der Waals surface area contributed by atoms with Crippen LogP contribution in [0.2, 0.25) is 0 Å². The molecule has 22 heavy (non-hydrogen) atoms. The number of hydrogen-bond acceptors (Lipinski definition) is 4. The minimum atomic E-state index is -1.04. The summed E-state index contributed by atoms with van der Waals surface area (Å²) in [6.45, 7) is 4.18. The van der Waals surface area contributed by atoms with Gasteiger partial charge in [0.15, 0.2) is 17.6 Å². The molecule has 0 saturated carbocycles. The van der Waals surface area contributed by atoms with Crippen molar-refractivity contribution in [1.29, 1.82) is 0 Å². The van der Waals surface area contributed by atoms with E-state index in [0.29, 0.717) is 29.4 Å². The van der Waals surface area contributed by atoms with Gasteiger partial charge in [-0.2, -0.15) is 0 Å². The minimum absolute atomic E-state index is 0.159. The van der Waals surface area contributed by atoms with Crippen molar-refractivity contribution in [3.8, 4) is 11.5 Å². The first-order valence-corrected chi connectivity index (χ1v) is 7.10. The van der Waals surface area contributed by atoms with Gasteiger partial charge in [0.1, 0.15) is 0 Å². The number of aliphatic carboxylic acids is 1. The first kappa shape index (κ1) is 15.9. The summed E-state index contributed by atoms with van der Waals surface area (Å²) in [5.74, 6) is -0.178. The van der Waals surface area contributed by atoms with E-state index >= 15 is 0 Å². The van der Waals surface area contributed by atoms with Crippen molar-refractivity contribution >= 4 is 23.6 Å². The molecule has 0 saturated heterocycles. The molecule has 1 aliphatic rings. The van der Waals surface area contributed by atoms with Crippen molar-refractivity contribution in [2.75, 3.05) is 18.6 Å². The topological polar surface area (TPSA) is 76.1 Å². The fourth-order valence-electron chi connectivity index (χ4n) is 2.18. The highest BCUT2D eigenvalue weighted by Crippen LogP contribution is 2.42. The maximum Gasteiger partial charge on any atom is 0.328 e. The van der Waals surface area contributed by atoms with Gasteiger partial charge < -0.3 is 19.5 Å². The Kier molecular flexibility index (Phi) is 4.70. The molecule has 0 fully saturated rings. The Morgan fingerprint density at radius 1 is 1.50 bits per heavy atom. The highest BCUT2D eigenvalue weighted by atomic mass is 16.5. The van der Waals surface area contributed by atoms with Crippen LogP contribution < -0.4 is 14.4 Å². The maximum absolute atomic E-state index is 12.0. The molecule has 1 aliphatic heterocycles. The molecule has 0 bridgehead atoms. The van der Waals surface area contributed by atoms with Crippen LogP contribution in [-0.2, 0) is 9.59 Å². The molecule has 0 radical (unpaired) electrons. The lowest BCUT2D eigenvalue weighted by Crippen LogP contribution is -2.42. The molecule has 0 spiro atoms. The largest absolute Gasteiger partial charge is 0.490 e. The Morgan fingerprint density at radius 3 is 2.86 bits per heavy atom. The molecule has 1 aromatic rings. The summed E-state index contributed by atoms with van der Waals surface area (Å²) in [5, 5.41) is 8.75. The zero-order valence-corrected chi connectivity index (χ0v) is 12.8. The fourth-order valence-corrected chi connectivity index (χ4v) is 2.18. The van der Waals surface area contributed by atoms with Crippen LogP contribution in [0.5, 0.6) is 11.5 Å². The molecule has 1 N–H and O–H groups in total. The number of nitrogens with zero attached hydrogens (tertiary/aromatic N) is 1. The van der Waals surface area contributed by atoms with E-state index < -0.39 is 12.1 Å². The molecule has 6 nitrogen and oxygen atoms in total. The molecule has 0 aliphatic carbocycles. The quantitative estimate of drug-likeness (QED) is 0.845. The molecule has 6 heteroatoms. The molecule has 1 unspecified atom stereocenters. The normalized spacial score (nSPS) is 17.3. The summed E-state index contributed by atoms with van der Waals surface area (Å²) in [6, 6.07) is 3.42. The van der Waals surface area contributed by atoms with E-state index in [1.807, 2.05) is 6.92 Å². The van der Waals surface area contributed by atoms with E-state index in [0.717, 1.165) is 12.5 Å². The van der Waals surface area contributed by atoms with Gasteiger partial charge in [-0.05, 0) is 37.1 Å². The average molecular weight is 305 g/mol. The van der Waals surface area contributed by atoms with Crippen molar-refractivity contribution in [3.05, 3.63) is 23.8 Å². The molecular weight excluding hydrogens is 286 g/mol. The number of amides is 1. The van der Waals surface area contributed by atoms with Gasteiger partial charge in [-0.3, -0.25) is 4.79 Å². The van der Waals surface area contributed by atoms with Crippen LogP contribution >= 0.6 is 0 Å². The standard InChI is InChI=1S/C16H19NO5/c1-4-7-21-13-9-11(5-6-14(18)19)8-12-15(13)22-10(2)16(20)17(12)3/h5-6,8-10H,4,7H2,1-3H3,(H,18,19)/b6-5+. The number of carbonyl (C=O) groups excluding carboxylic acids is 1. The molecule has 1 amide bonds. The number of likely N-dealkylation sites (N-methyl/N-ethyl adjacent to an activating group) is 1. The number of hydrogen-bond donors (Lipinski definition) is 1. The van der Waals surface area contributed by atoms with Crippen LogP contribution in [0.15, 0.2) is 18.2 Å². The second-order valence-electron chi connectivity index (χ2n) is 5.04. The van der Waals surface area contributed by atoms with Crippen LogP contribution in [-0.4, -0.2) is 36.7 Å². The van der Waals surface area contributed by atoms with Gasteiger partial charge in [0.05, 0.1) is 12.3 Å². The number of carboxylic acids is 1. The van der Waals surface area contributed by atoms with Crippen molar-refractivity contribution in [2.45, 2.75) is 26.4 Å². The molecule has 1 atom stereocenters. The van der Waals surface area contributed by atoms with Gasteiger partial charge in [0, 0.05) is 13.1 Å². The Bertz CT molecular complexity index is 623. The van der Waals surface area contributed by atoms with Crippen LogP contribution in [0.4, 0.5) is 5.69 Å². The maximum atomic E-state index is 12.0. The van der Waals surface area contributed by atoms with Crippen molar-refractivity contribution in [2.24, 2.45) is 0 Å². The molecule has 1 aromatic carbocycles. The first-order valence-electron chi connectivity index (χ1n) is 7.10. The second-order valence-corrected chi connectivity index (χ2v) is 5.04. The van der Waals surface area contributed by atoms with E-state index in [9.17, 15) is 9.59 Å². The van der Waals surface area contributed by atoms with Gasteiger partial charge in [-0.15, -0.1) is 0 Å². The van der Waals surface area contributed by atoms with Crippen molar-refractivity contribution in [3.63, 3.8) is 0 Å². The number of carboxylic acid groups (broad SMARTS) is 1. The minimum Gasteiger partial charge on any atom is -0.490 e. The predicted molar refractivity (Wildman–Crippen MR) is 82.4 cm³/mol. The lowest BCUT2D eigenvalue weighted by molar-refractivity contribution is -0.131. The zero-order chi connectivity index (χ0) is 16.3. The molecule has 2 rings (SSSR count). The van der Waals surface area contributed by atoms with E-state index in [1.54, 1.807) is 26.1 Å². The van der Waals surface area contributed by atoms with Gasteiger partial charge in [0.25, 0.3) is 5.91 Å². The van der Waals surface area contributed by atoms with Crippen LogP contribution in [0, 0.1) is 0 Å². The molecule has 0 aromatic heterocycles. The van der Waals surface area contributed by atoms with Gasteiger partial charge in [-0.1, -0.05) is 6.92 Å². The molecule has 1 heterocycles. The fraction of sp³-hybridized carbons (Fsp3) is 0.375. The highest BCUT2D eigenvalue weighted by Gasteiger charge is 2.31. The van der Waals surface area contributed by atoms with Crippen LogP contribution in [0.3, 0.4) is 0 Å². The smallest absolute Gasteiger partial charge is 0.328 e. The average Bonchev–Trinajstić information content (AvgIpc) is 2.49. The summed E-state index contributed by atoms with van der Waals surface area (Å²) < 4.78 is 11.4. The Morgan fingerprint density at radius 2 is 2.23 bits per heavy atom. The summed E-state index contributed by atoms with van der Waals surface area (Å²) in [4.78, 5) is 24.2. The SMILES string of the molecule is CCCOc1cc(/C=C/C(=O)O)cc2c1OC(C)C(=O)N2C. The van der Waals surface area contributed by atoms with Crippen molar-refractivity contribution in [1.82, 2.24) is 0 Å². The molecule has 118 valence electrons. The third-order valence-corrected chi connectivity index (χ3v) is 3.27. The summed E-state index contributed by atoms with van der Waals surface area (Å²) in [5.41, 5.74) is 1.20. The predicted octanol–water partition coefficient (Wildman–Crippen LogP) is 2.32. The Hall–Kier alpha value is -2.50. The van der Waals surface area contributed by atoms with E-state index in [2.05, 4.69) is 0 Å². The van der Waals surface area contributed by atoms with Gasteiger partial charge in [0.2, 0.25) is 0 Å². The third-order valence-electron chi connectivity index (χ3n) is 3.27. The second kappa shape index (κ2) is 6.51. The lowest BCUT2D eigenvalue weighted by Gasteiger charge is -2.31. The van der Waals surface area contributed by atoms with Gasteiger partial charge in [-0.25, -0.2) is 4.79 Å². The number of fused-ring (bicyclic) bond motifs is 1. The van der Waals surface area contributed by atoms with E-state index in [1.165, 1.54) is 11.0 Å².